The lowest BCUT2D eigenvalue weighted by Crippen LogP contribution is -2.41. The smallest absolute Gasteiger partial charge is 0.324 e. The van der Waals surface area contributed by atoms with Gasteiger partial charge in [0, 0.05) is 12.6 Å². The molecule has 1 heterocycles. The summed E-state index contributed by atoms with van der Waals surface area (Å²) in [5, 5.41) is 0. The highest BCUT2D eigenvalue weighted by Crippen LogP contribution is 2.28. The van der Waals surface area contributed by atoms with Crippen molar-refractivity contribution in [2.45, 2.75) is 23.8 Å². The van der Waals surface area contributed by atoms with Crippen molar-refractivity contribution in [1.82, 2.24) is 4.31 Å². The first-order valence-corrected chi connectivity index (χ1v) is 7.36. The SMILES string of the molecule is COC(=O)C1CCCN1S(=O)(=O)c1ccc(F)cc1F. The van der Waals surface area contributed by atoms with Gasteiger partial charge in [0.05, 0.1) is 7.11 Å². The lowest BCUT2D eigenvalue weighted by Gasteiger charge is -2.22. The third-order valence-electron chi connectivity index (χ3n) is 3.16. The number of benzene rings is 1. The van der Waals surface area contributed by atoms with E-state index in [-0.39, 0.29) is 6.54 Å². The Labute approximate surface area is 115 Å². The molecule has 5 nitrogen and oxygen atoms in total. The van der Waals surface area contributed by atoms with Gasteiger partial charge in [-0.05, 0) is 25.0 Å². The van der Waals surface area contributed by atoms with E-state index < -0.39 is 38.6 Å². The Morgan fingerprint density at radius 2 is 2.10 bits per heavy atom. The second kappa shape index (κ2) is 5.45. The Hall–Kier alpha value is -1.54. The molecule has 0 amide bonds. The van der Waals surface area contributed by atoms with Crippen molar-refractivity contribution in [2.75, 3.05) is 13.7 Å². The first-order valence-electron chi connectivity index (χ1n) is 5.92. The van der Waals surface area contributed by atoms with Gasteiger partial charge in [-0.3, -0.25) is 4.79 Å². The summed E-state index contributed by atoms with van der Waals surface area (Å²) in [6.07, 6.45) is 0.788. The van der Waals surface area contributed by atoms with Crippen LogP contribution >= 0.6 is 0 Å². The quantitative estimate of drug-likeness (QED) is 0.790. The van der Waals surface area contributed by atoms with Crippen LogP contribution in [0.1, 0.15) is 12.8 Å². The summed E-state index contributed by atoms with van der Waals surface area (Å²) in [5.41, 5.74) is 0. The van der Waals surface area contributed by atoms with Crippen LogP contribution in [0.3, 0.4) is 0 Å². The average Bonchev–Trinajstić information content (AvgIpc) is 2.87. The molecule has 0 saturated carbocycles. The van der Waals surface area contributed by atoms with Gasteiger partial charge in [-0.25, -0.2) is 17.2 Å². The van der Waals surface area contributed by atoms with Crippen LogP contribution in [0.2, 0.25) is 0 Å². The van der Waals surface area contributed by atoms with Crippen LogP contribution in [0.4, 0.5) is 8.78 Å². The fourth-order valence-corrected chi connectivity index (χ4v) is 3.90. The van der Waals surface area contributed by atoms with Crippen molar-refractivity contribution in [3.05, 3.63) is 29.8 Å². The fourth-order valence-electron chi connectivity index (χ4n) is 2.21. The van der Waals surface area contributed by atoms with Gasteiger partial charge in [0.1, 0.15) is 22.6 Å². The lowest BCUT2D eigenvalue weighted by molar-refractivity contribution is -0.144. The van der Waals surface area contributed by atoms with Crippen molar-refractivity contribution in [3.8, 4) is 0 Å². The van der Waals surface area contributed by atoms with Gasteiger partial charge in [-0.15, -0.1) is 0 Å². The first kappa shape index (κ1) is 14.9. The third kappa shape index (κ3) is 2.53. The Bertz CT molecular complexity index is 632. The molecule has 20 heavy (non-hydrogen) atoms. The van der Waals surface area contributed by atoms with Gasteiger partial charge in [0.15, 0.2) is 0 Å². The molecule has 1 atom stereocenters. The number of sulfonamides is 1. The maximum absolute atomic E-state index is 13.6. The summed E-state index contributed by atoms with van der Waals surface area (Å²) >= 11 is 0. The molecule has 1 aliphatic heterocycles. The molecule has 0 radical (unpaired) electrons. The maximum Gasteiger partial charge on any atom is 0.324 e. The number of carbonyl (C=O) groups is 1. The molecule has 1 aromatic carbocycles. The van der Waals surface area contributed by atoms with Gasteiger partial charge >= 0.3 is 5.97 Å². The Kier molecular flexibility index (Phi) is 4.05. The standard InChI is InChI=1S/C12H13F2NO4S/c1-19-12(16)10-3-2-6-15(10)20(17,18)11-5-4-8(13)7-9(11)14/h4-5,7,10H,2-3,6H2,1H3. The topological polar surface area (TPSA) is 63.7 Å². The molecule has 1 saturated heterocycles. The molecule has 110 valence electrons. The number of rotatable bonds is 3. The molecule has 8 heteroatoms. The molecular weight excluding hydrogens is 292 g/mol. The summed E-state index contributed by atoms with van der Waals surface area (Å²) in [7, 11) is -3.04. The largest absolute Gasteiger partial charge is 0.468 e. The van der Waals surface area contributed by atoms with E-state index >= 15 is 0 Å². The molecule has 1 unspecified atom stereocenters. The number of esters is 1. The van der Waals surface area contributed by atoms with Gasteiger partial charge in [0.25, 0.3) is 0 Å². The minimum atomic E-state index is -4.20. The number of halogens is 2. The van der Waals surface area contributed by atoms with Crippen molar-refractivity contribution < 1.29 is 26.7 Å². The molecule has 0 aliphatic carbocycles. The van der Waals surface area contributed by atoms with E-state index in [0.29, 0.717) is 18.9 Å². The van der Waals surface area contributed by atoms with Crippen molar-refractivity contribution in [1.29, 1.82) is 0 Å². The molecule has 2 rings (SSSR count). The zero-order valence-electron chi connectivity index (χ0n) is 10.7. The van der Waals surface area contributed by atoms with Gasteiger partial charge in [-0.2, -0.15) is 4.31 Å². The number of carbonyl (C=O) groups excluding carboxylic acids is 1. The predicted molar refractivity (Wildman–Crippen MR) is 65.3 cm³/mol. The minimum absolute atomic E-state index is 0.0961. The molecule has 0 N–H and O–H groups in total. The van der Waals surface area contributed by atoms with Crippen molar-refractivity contribution >= 4 is 16.0 Å². The van der Waals surface area contributed by atoms with Crippen molar-refractivity contribution in [3.63, 3.8) is 0 Å². The Morgan fingerprint density at radius 1 is 1.40 bits per heavy atom. The zero-order chi connectivity index (χ0) is 14.9. The second-order valence-electron chi connectivity index (χ2n) is 4.37. The van der Waals surface area contributed by atoms with Crippen LogP contribution in [0, 0.1) is 11.6 Å². The first-order chi connectivity index (χ1) is 9.37. The highest BCUT2D eigenvalue weighted by atomic mass is 32.2. The zero-order valence-corrected chi connectivity index (χ0v) is 11.5. The molecule has 0 spiro atoms. The molecule has 1 fully saturated rings. The number of methoxy groups -OCH3 is 1. The Morgan fingerprint density at radius 3 is 2.70 bits per heavy atom. The lowest BCUT2D eigenvalue weighted by atomic mass is 10.2. The number of hydrogen-bond donors (Lipinski definition) is 0. The van der Waals surface area contributed by atoms with Gasteiger partial charge in [0.2, 0.25) is 10.0 Å². The Balaban J connectivity index is 2.41. The van der Waals surface area contributed by atoms with E-state index in [1.165, 1.54) is 0 Å². The molecule has 0 bridgehead atoms. The maximum atomic E-state index is 13.6. The normalized spacial score (nSPS) is 20.1. The van der Waals surface area contributed by atoms with Crippen LogP contribution in [0.15, 0.2) is 23.1 Å². The third-order valence-corrected chi connectivity index (χ3v) is 5.10. The van der Waals surface area contributed by atoms with Crippen LogP contribution < -0.4 is 0 Å². The summed E-state index contributed by atoms with van der Waals surface area (Å²) < 4.78 is 56.6. The predicted octanol–water partition coefficient (Wildman–Crippen LogP) is 1.29. The monoisotopic (exact) mass is 305 g/mol. The highest BCUT2D eigenvalue weighted by molar-refractivity contribution is 7.89. The molecular formula is C12H13F2NO4S. The van der Waals surface area contributed by atoms with Crippen LogP contribution in [0.5, 0.6) is 0 Å². The van der Waals surface area contributed by atoms with E-state index in [4.69, 9.17) is 0 Å². The number of nitrogens with zero attached hydrogens (tertiary/aromatic N) is 1. The second-order valence-corrected chi connectivity index (χ2v) is 6.23. The molecule has 1 aromatic rings. The van der Waals surface area contributed by atoms with E-state index in [2.05, 4.69) is 4.74 Å². The van der Waals surface area contributed by atoms with E-state index in [1.807, 2.05) is 0 Å². The highest BCUT2D eigenvalue weighted by Gasteiger charge is 2.41. The average molecular weight is 305 g/mol. The minimum Gasteiger partial charge on any atom is -0.468 e. The summed E-state index contributed by atoms with van der Waals surface area (Å²) in [4.78, 5) is 10.9. The molecule has 1 aliphatic rings. The van der Waals surface area contributed by atoms with Gasteiger partial charge in [-0.1, -0.05) is 0 Å². The van der Waals surface area contributed by atoms with E-state index in [9.17, 15) is 22.0 Å². The fraction of sp³-hybridized carbons (Fsp3) is 0.417. The number of hydrogen-bond acceptors (Lipinski definition) is 4. The molecule has 0 aromatic heterocycles. The van der Waals surface area contributed by atoms with E-state index in [1.54, 1.807) is 0 Å². The summed E-state index contributed by atoms with van der Waals surface area (Å²) in [6, 6.07) is 1.25. The van der Waals surface area contributed by atoms with Crippen LogP contribution in [-0.2, 0) is 19.6 Å². The summed E-state index contributed by atoms with van der Waals surface area (Å²) in [5.74, 6) is -2.73. The van der Waals surface area contributed by atoms with E-state index in [0.717, 1.165) is 23.5 Å². The summed E-state index contributed by atoms with van der Waals surface area (Å²) in [6.45, 7) is 0.0961. The number of ether oxygens (including phenoxy) is 1. The van der Waals surface area contributed by atoms with Crippen LogP contribution in [-0.4, -0.2) is 38.4 Å². The van der Waals surface area contributed by atoms with Crippen molar-refractivity contribution in [2.24, 2.45) is 0 Å². The van der Waals surface area contributed by atoms with Crippen LogP contribution in [0.25, 0.3) is 0 Å². The van der Waals surface area contributed by atoms with Gasteiger partial charge < -0.3 is 4.74 Å².